The van der Waals surface area contributed by atoms with E-state index in [1.54, 1.807) is 42.6 Å². The third kappa shape index (κ3) is 5.62. The van der Waals surface area contributed by atoms with Crippen LogP contribution in [0.1, 0.15) is 28.4 Å². The van der Waals surface area contributed by atoms with Crippen LogP contribution < -0.4 is 14.8 Å². The van der Waals surface area contributed by atoms with Crippen LogP contribution in [0.2, 0.25) is 5.02 Å². The lowest BCUT2D eigenvalue weighted by molar-refractivity contribution is 0.0326. The molecule has 3 aromatic carbocycles. The topological polar surface area (TPSA) is 120 Å². The van der Waals surface area contributed by atoms with Crippen LogP contribution in [0.15, 0.2) is 79.1 Å². The zero-order chi connectivity index (χ0) is 25.8. The number of rotatable bonds is 6. The van der Waals surface area contributed by atoms with Crippen molar-refractivity contribution in [2.75, 3.05) is 11.9 Å². The number of hydrogen-bond acceptors (Lipinski definition) is 7. The summed E-state index contributed by atoms with van der Waals surface area (Å²) < 4.78 is 16.5. The molecular weight excluding hydrogens is 498 g/mol. The zero-order valence-corrected chi connectivity index (χ0v) is 20.0. The molecule has 1 amide bonds. The predicted molar refractivity (Wildman–Crippen MR) is 135 cm³/mol. The number of carboxylic acid groups (broad SMARTS) is 1. The number of nitrogens with zero attached hydrogens (tertiary/aromatic N) is 2. The minimum Gasteiger partial charge on any atom is -0.493 e. The van der Waals surface area contributed by atoms with Gasteiger partial charge in [0, 0.05) is 29.2 Å². The van der Waals surface area contributed by atoms with Crippen molar-refractivity contribution in [1.82, 2.24) is 9.97 Å². The fourth-order valence-electron chi connectivity index (χ4n) is 3.84. The summed E-state index contributed by atoms with van der Waals surface area (Å²) in [5.41, 5.74) is 2.47. The molecular formula is C27H20ClN3O6. The molecule has 0 spiro atoms. The molecule has 0 saturated heterocycles. The lowest BCUT2D eigenvalue weighted by Crippen LogP contribution is -2.18. The molecule has 1 unspecified atom stereocenters. The summed E-state index contributed by atoms with van der Waals surface area (Å²) in [6, 6.07) is 19.2. The second-order valence-electron chi connectivity index (χ2n) is 8.07. The smallest absolute Gasteiger partial charge is 0.493 e. The van der Waals surface area contributed by atoms with E-state index in [0.717, 1.165) is 5.56 Å². The third-order valence-electron chi connectivity index (χ3n) is 5.58. The molecule has 0 bridgehead atoms. The lowest BCUT2D eigenvalue weighted by Gasteiger charge is -2.25. The molecule has 186 valence electrons. The maximum absolute atomic E-state index is 12.7. The Morgan fingerprint density at radius 2 is 1.84 bits per heavy atom. The molecule has 9 nitrogen and oxygen atoms in total. The number of fused-ring (bicyclic) bond motifs is 1. The molecule has 0 radical (unpaired) electrons. The average Bonchev–Trinajstić information content (AvgIpc) is 2.90. The fraction of sp³-hybridized carbons (Fsp3) is 0.111. The molecule has 0 fully saturated rings. The maximum Gasteiger partial charge on any atom is 0.506 e. The Kier molecular flexibility index (Phi) is 6.87. The van der Waals surface area contributed by atoms with Gasteiger partial charge in [0.1, 0.15) is 23.4 Å². The highest BCUT2D eigenvalue weighted by molar-refractivity contribution is 6.32. The van der Waals surface area contributed by atoms with E-state index in [2.05, 4.69) is 15.3 Å². The van der Waals surface area contributed by atoms with Gasteiger partial charge in [-0.05, 0) is 30.3 Å². The van der Waals surface area contributed by atoms with Gasteiger partial charge in [-0.2, -0.15) is 0 Å². The molecule has 4 aromatic rings. The van der Waals surface area contributed by atoms with E-state index in [-0.39, 0.29) is 10.9 Å². The van der Waals surface area contributed by atoms with Crippen molar-refractivity contribution in [3.8, 4) is 28.5 Å². The number of anilines is 1. The van der Waals surface area contributed by atoms with E-state index in [9.17, 15) is 9.59 Å². The van der Waals surface area contributed by atoms with Gasteiger partial charge in [0.25, 0.3) is 5.91 Å². The fourth-order valence-corrected chi connectivity index (χ4v) is 4.06. The van der Waals surface area contributed by atoms with E-state index >= 15 is 0 Å². The van der Waals surface area contributed by atoms with Crippen LogP contribution >= 0.6 is 11.6 Å². The first-order chi connectivity index (χ1) is 18.0. The quantitative estimate of drug-likeness (QED) is 0.283. The summed E-state index contributed by atoms with van der Waals surface area (Å²) in [4.78, 5) is 32.3. The van der Waals surface area contributed by atoms with Gasteiger partial charge < -0.3 is 24.6 Å². The number of amides is 1. The molecule has 1 aliphatic rings. The molecule has 1 aliphatic heterocycles. The first-order valence-electron chi connectivity index (χ1n) is 11.3. The summed E-state index contributed by atoms with van der Waals surface area (Å²) in [7, 11) is 0. The van der Waals surface area contributed by atoms with Crippen molar-refractivity contribution in [2.24, 2.45) is 0 Å². The first-order valence-corrected chi connectivity index (χ1v) is 11.7. The van der Waals surface area contributed by atoms with Gasteiger partial charge >= 0.3 is 6.16 Å². The molecule has 1 atom stereocenters. The number of benzene rings is 3. The van der Waals surface area contributed by atoms with E-state index in [4.69, 9.17) is 30.9 Å². The second-order valence-corrected chi connectivity index (χ2v) is 8.47. The number of halogens is 1. The van der Waals surface area contributed by atoms with E-state index in [1.807, 2.05) is 30.3 Å². The van der Waals surface area contributed by atoms with Crippen molar-refractivity contribution in [3.63, 3.8) is 0 Å². The summed E-state index contributed by atoms with van der Waals surface area (Å²) >= 11 is 6.38. The van der Waals surface area contributed by atoms with Crippen LogP contribution in [-0.2, 0) is 4.74 Å². The number of carbonyl (C=O) groups excluding carboxylic acids is 1. The van der Waals surface area contributed by atoms with E-state index in [1.165, 1.54) is 6.20 Å². The third-order valence-corrected chi connectivity index (χ3v) is 5.88. The van der Waals surface area contributed by atoms with Crippen molar-refractivity contribution in [3.05, 3.63) is 95.3 Å². The van der Waals surface area contributed by atoms with Crippen molar-refractivity contribution in [2.45, 2.75) is 12.5 Å². The van der Waals surface area contributed by atoms with Gasteiger partial charge in [0.15, 0.2) is 5.82 Å². The molecule has 10 heteroatoms. The number of ether oxygens (including phenoxy) is 3. The Balaban J connectivity index is 1.27. The lowest BCUT2D eigenvalue weighted by atomic mass is 10.0. The van der Waals surface area contributed by atoms with E-state index in [0.29, 0.717) is 52.9 Å². The van der Waals surface area contributed by atoms with Crippen LogP contribution in [0.25, 0.3) is 11.3 Å². The molecule has 1 aromatic heterocycles. The number of carbonyl (C=O) groups is 2. The van der Waals surface area contributed by atoms with Gasteiger partial charge in [0.05, 0.1) is 29.7 Å². The average molecular weight is 518 g/mol. The van der Waals surface area contributed by atoms with Gasteiger partial charge in [0.2, 0.25) is 0 Å². The number of nitrogens with one attached hydrogen (secondary N) is 1. The highest BCUT2D eigenvalue weighted by atomic mass is 35.5. The van der Waals surface area contributed by atoms with Crippen LogP contribution in [0.5, 0.6) is 17.2 Å². The minimum atomic E-state index is -1.37. The molecule has 2 heterocycles. The molecule has 0 aliphatic carbocycles. The maximum atomic E-state index is 12.7. The van der Waals surface area contributed by atoms with Crippen LogP contribution in [-0.4, -0.2) is 33.7 Å². The van der Waals surface area contributed by atoms with Gasteiger partial charge in [-0.15, -0.1) is 0 Å². The van der Waals surface area contributed by atoms with Crippen molar-refractivity contribution in [1.29, 1.82) is 0 Å². The molecule has 2 N–H and O–H groups in total. The highest BCUT2D eigenvalue weighted by Gasteiger charge is 2.27. The van der Waals surface area contributed by atoms with E-state index < -0.39 is 12.3 Å². The van der Waals surface area contributed by atoms with Gasteiger partial charge in [-0.1, -0.05) is 41.9 Å². The SMILES string of the molecule is O=C(O)OC1CCOc2cc(Oc3ccc(C(=O)Nc4cncc(-c5ccccc5)n4)cc3)c(Cl)cc21. The van der Waals surface area contributed by atoms with Crippen molar-refractivity contribution >= 4 is 29.5 Å². The zero-order valence-electron chi connectivity index (χ0n) is 19.3. The Bertz CT molecular complexity index is 1450. The molecule has 37 heavy (non-hydrogen) atoms. The standard InChI is InChI=1S/C27H20ClN3O6/c28-20-12-19-22(37-27(33)34)10-11-35-23(19)13-24(20)36-18-8-6-17(7-9-18)26(32)31-25-15-29-14-21(30-25)16-4-2-1-3-5-16/h1-9,12-15,22H,10-11H2,(H,33,34)(H,30,31,32). The van der Waals surface area contributed by atoms with Crippen LogP contribution in [0, 0.1) is 0 Å². The number of aromatic nitrogens is 2. The minimum absolute atomic E-state index is 0.266. The Hall–Kier alpha value is -4.63. The summed E-state index contributed by atoms with van der Waals surface area (Å²) in [5.74, 6) is 1.18. The van der Waals surface area contributed by atoms with Gasteiger partial charge in [-0.3, -0.25) is 9.78 Å². The normalized spacial score (nSPS) is 14.1. The summed E-state index contributed by atoms with van der Waals surface area (Å²) in [6.07, 6.45) is 1.47. The molecule has 5 rings (SSSR count). The summed E-state index contributed by atoms with van der Waals surface area (Å²) in [6.45, 7) is 0.300. The molecule has 0 saturated carbocycles. The largest absolute Gasteiger partial charge is 0.506 e. The Morgan fingerprint density at radius 1 is 1.05 bits per heavy atom. The van der Waals surface area contributed by atoms with Crippen LogP contribution in [0.4, 0.5) is 10.6 Å². The Morgan fingerprint density at radius 3 is 2.59 bits per heavy atom. The predicted octanol–water partition coefficient (Wildman–Crippen LogP) is 6.36. The van der Waals surface area contributed by atoms with Gasteiger partial charge in [-0.25, -0.2) is 9.78 Å². The monoisotopic (exact) mass is 517 g/mol. The first kappa shape index (κ1) is 24.1. The highest BCUT2D eigenvalue weighted by Crippen LogP contribution is 2.42. The number of hydrogen-bond donors (Lipinski definition) is 2. The Labute approximate surface area is 216 Å². The second kappa shape index (κ2) is 10.5. The van der Waals surface area contributed by atoms with Crippen molar-refractivity contribution < 1.29 is 28.9 Å². The summed E-state index contributed by atoms with van der Waals surface area (Å²) in [5, 5.41) is 12.0. The van der Waals surface area contributed by atoms with Crippen LogP contribution in [0.3, 0.4) is 0 Å².